The van der Waals surface area contributed by atoms with Gasteiger partial charge in [-0.05, 0) is 43.8 Å². The molecule has 1 fully saturated rings. The molecule has 0 aromatic heterocycles. The quantitative estimate of drug-likeness (QED) is 0.412. The van der Waals surface area contributed by atoms with Crippen molar-refractivity contribution in [2.45, 2.75) is 13.8 Å². The van der Waals surface area contributed by atoms with Gasteiger partial charge in [0.1, 0.15) is 0 Å². The molecule has 2 aromatic rings. The lowest BCUT2D eigenvalue weighted by Gasteiger charge is -2.35. The molecule has 1 heterocycles. The molecule has 9 nitrogen and oxygen atoms in total. The number of aryl methyl sites for hydroxylation is 1. The van der Waals surface area contributed by atoms with Crippen LogP contribution in [0.4, 0.5) is 17.1 Å². The van der Waals surface area contributed by atoms with Gasteiger partial charge in [0.15, 0.2) is 6.61 Å². The van der Waals surface area contributed by atoms with Crippen molar-refractivity contribution in [3.63, 3.8) is 0 Å². The summed E-state index contributed by atoms with van der Waals surface area (Å²) in [5.41, 5.74) is 1.99. The average molecular weight is 426 g/mol. The van der Waals surface area contributed by atoms with Crippen LogP contribution >= 0.6 is 0 Å². The van der Waals surface area contributed by atoms with E-state index in [1.165, 1.54) is 12.1 Å². The normalized spacial score (nSPS) is 14.2. The lowest BCUT2D eigenvalue weighted by Crippen LogP contribution is -2.46. The summed E-state index contributed by atoms with van der Waals surface area (Å²) >= 11 is 0. The Morgan fingerprint density at radius 1 is 1.10 bits per heavy atom. The molecule has 31 heavy (non-hydrogen) atoms. The summed E-state index contributed by atoms with van der Waals surface area (Å²) in [7, 11) is 0. The molecule has 164 valence electrons. The first-order valence-corrected chi connectivity index (χ1v) is 10.2. The van der Waals surface area contributed by atoms with Crippen LogP contribution in [0.5, 0.6) is 0 Å². The maximum absolute atomic E-state index is 12.1. The highest BCUT2D eigenvalue weighted by Crippen LogP contribution is 2.21. The smallest absolute Gasteiger partial charge is 0.338 e. The second-order valence-electron chi connectivity index (χ2n) is 7.35. The van der Waals surface area contributed by atoms with Crippen LogP contribution in [-0.2, 0) is 9.53 Å². The summed E-state index contributed by atoms with van der Waals surface area (Å²) in [6, 6.07) is 11.6. The van der Waals surface area contributed by atoms with Gasteiger partial charge in [0.05, 0.1) is 10.5 Å². The van der Waals surface area contributed by atoms with Crippen LogP contribution in [0.25, 0.3) is 0 Å². The third-order valence-corrected chi connectivity index (χ3v) is 5.31. The van der Waals surface area contributed by atoms with E-state index >= 15 is 0 Å². The molecular weight excluding hydrogens is 400 g/mol. The number of anilines is 2. The molecule has 1 N–H and O–H groups in total. The van der Waals surface area contributed by atoms with Gasteiger partial charge in [-0.3, -0.25) is 14.9 Å². The second-order valence-corrected chi connectivity index (χ2v) is 7.35. The van der Waals surface area contributed by atoms with E-state index in [0.717, 1.165) is 44.5 Å². The highest BCUT2D eigenvalue weighted by atomic mass is 16.6. The van der Waals surface area contributed by atoms with Crippen molar-refractivity contribution in [1.29, 1.82) is 0 Å². The van der Waals surface area contributed by atoms with Crippen molar-refractivity contribution in [2.75, 3.05) is 49.5 Å². The van der Waals surface area contributed by atoms with Crippen LogP contribution in [-0.4, -0.2) is 61.0 Å². The van der Waals surface area contributed by atoms with Gasteiger partial charge in [-0.2, -0.15) is 0 Å². The third kappa shape index (κ3) is 5.79. The van der Waals surface area contributed by atoms with E-state index in [4.69, 9.17) is 4.74 Å². The number of nitro groups is 1. The molecule has 9 heteroatoms. The predicted molar refractivity (Wildman–Crippen MR) is 118 cm³/mol. The summed E-state index contributed by atoms with van der Waals surface area (Å²) < 4.78 is 4.99. The number of carbonyl (C=O) groups is 2. The first-order valence-electron chi connectivity index (χ1n) is 10.2. The van der Waals surface area contributed by atoms with Gasteiger partial charge >= 0.3 is 5.97 Å². The van der Waals surface area contributed by atoms with E-state index in [0.29, 0.717) is 11.3 Å². The van der Waals surface area contributed by atoms with E-state index < -0.39 is 23.4 Å². The SMILES string of the molecule is CCN1CCN(c2ccc(NC(=O)COC(=O)c3ccc(C)c([N+](=O)[O-])c3)cc2)CC1. The number of esters is 1. The number of piperazine rings is 1. The van der Waals surface area contributed by atoms with Crippen LogP contribution < -0.4 is 10.2 Å². The van der Waals surface area contributed by atoms with Crippen molar-refractivity contribution >= 4 is 28.9 Å². The van der Waals surface area contributed by atoms with Crippen molar-refractivity contribution < 1.29 is 19.2 Å². The number of likely N-dealkylation sites (N-methyl/N-ethyl adjacent to an activating group) is 1. The van der Waals surface area contributed by atoms with Crippen LogP contribution in [0, 0.1) is 17.0 Å². The zero-order valence-electron chi connectivity index (χ0n) is 17.7. The van der Waals surface area contributed by atoms with Gasteiger partial charge in [0.25, 0.3) is 11.6 Å². The number of carbonyl (C=O) groups excluding carboxylic acids is 2. The van der Waals surface area contributed by atoms with Crippen molar-refractivity contribution in [3.8, 4) is 0 Å². The lowest BCUT2D eigenvalue weighted by molar-refractivity contribution is -0.385. The highest BCUT2D eigenvalue weighted by molar-refractivity contribution is 5.95. The first kappa shape index (κ1) is 22.2. The standard InChI is InChI=1S/C22H26N4O5/c1-3-24-10-12-25(13-11-24)19-8-6-18(7-9-19)23-21(27)15-31-22(28)17-5-4-16(2)20(14-17)26(29)30/h4-9,14H,3,10-13,15H2,1-2H3,(H,23,27). The highest BCUT2D eigenvalue weighted by Gasteiger charge is 2.18. The lowest BCUT2D eigenvalue weighted by atomic mass is 10.1. The minimum absolute atomic E-state index is 0.0256. The van der Waals surface area contributed by atoms with E-state index in [1.54, 1.807) is 6.92 Å². The summed E-state index contributed by atoms with van der Waals surface area (Å²) in [5, 5.41) is 13.7. The number of hydrogen-bond donors (Lipinski definition) is 1. The number of rotatable bonds is 7. The monoisotopic (exact) mass is 426 g/mol. The van der Waals surface area contributed by atoms with Gasteiger partial charge < -0.3 is 19.9 Å². The Balaban J connectivity index is 1.50. The van der Waals surface area contributed by atoms with Crippen LogP contribution in [0.2, 0.25) is 0 Å². The van der Waals surface area contributed by atoms with Crippen LogP contribution in [0.15, 0.2) is 42.5 Å². The Hall–Kier alpha value is -3.46. The molecule has 0 bridgehead atoms. The van der Waals surface area contributed by atoms with E-state index in [9.17, 15) is 19.7 Å². The minimum atomic E-state index is -0.792. The van der Waals surface area contributed by atoms with Gasteiger partial charge in [0, 0.05) is 49.2 Å². The molecule has 0 spiro atoms. The Bertz CT molecular complexity index is 953. The van der Waals surface area contributed by atoms with Gasteiger partial charge in [-0.1, -0.05) is 13.0 Å². The maximum Gasteiger partial charge on any atom is 0.338 e. The molecule has 2 aromatic carbocycles. The number of benzene rings is 2. The zero-order valence-corrected chi connectivity index (χ0v) is 17.7. The molecule has 3 rings (SSSR count). The molecule has 1 saturated heterocycles. The van der Waals surface area contributed by atoms with E-state index in [2.05, 4.69) is 22.0 Å². The summed E-state index contributed by atoms with van der Waals surface area (Å²) in [5.74, 6) is -1.28. The Morgan fingerprint density at radius 3 is 2.39 bits per heavy atom. The summed E-state index contributed by atoms with van der Waals surface area (Å²) in [6.45, 7) is 8.31. The fourth-order valence-corrected chi connectivity index (χ4v) is 3.42. The van der Waals surface area contributed by atoms with E-state index in [1.807, 2.05) is 24.3 Å². The number of amides is 1. The number of hydrogen-bond acceptors (Lipinski definition) is 7. The first-order chi connectivity index (χ1) is 14.9. The molecule has 1 aliphatic rings. The largest absolute Gasteiger partial charge is 0.452 e. The molecule has 1 aliphatic heterocycles. The molecule has 0 unspecified atom stereocenters. The predicted octanol–water partition coefficient (Wildman–Crippen LogP) is 2.84. The minimum Gasteiger partial charge on any atom is -0.452 e. The molecular formula is C22H26N4O5. The van der Waals surface area contributed by atoms with Gasteiger partial charge in [0.2, 0.25) is 0 Å². The topological polar surface area (TPSA) is 105 Å². The number of nitrogens with one attached hydrogen (secondary N) is 1. The molecule has 0 aliphatic carbocycles. The molecule has 0 saturated carbocycles. The maximum atomic E-state index is 12.1. The van der Waals surface area contributed by atoms with Gasteiger partial charge in [-0.25, -0.2) is 4.79 Å². The van der Waals surface area contributed by atoms with Crippen LogP contribution in [0.3, 0.4) is 0 Å². The van der Waals surface area contributed by atoms with Crippen LogP contribution in [0.1, 0.15) is 22.8 Å². The fraction of sp³-hybridized carbons (Fsp3) is 0.364. The third-order valence-electron chi connectivity index (χ3n) is 5.31. The number of nitro benzene ring substituents is 1. The molecule has 1 amide bonds. The fourth-order valence-electron chi connectivity index (χ4n) is 3.42. The Morgan fingerprint density at radius 2 is 1.77 bits per heavy atom. The van der Waals surface area contributed by atoms with Crippen molar-refractivity contribution in [1.82, 2.24) is 4.90 Å². The average Bonchev–Trinajstić information content (AvgIpc) is 2.78. The van der Waals surface area contributed by atoms with Gasteiger partial charge in [-0.15, -0.1) is 0 Å². The molecule has 0 atom stereocenters. The molecule has 0 radical (unpaired) electrons. The number of nitrogens with zero attached hydrogens (tertiary/aromatic N) is 3. The van der Waals surface area contributed by atoms with Crippen molar-refractivity contribution in [3.05, 3.63) is 63.7 Å². The summed E-state index contributed by atoms with van der Waals surface area (Å²) in [6.07, 6.45) is 0. The Kier molecular flexibility index (Phi) is 7.19. The Labute approximate surface area is 180 Å². The zero-order chi connectivity index (χ0) is 22.4. The summed E-state index contributed by atoms with van der Waals surface area (Å²) in [4.78, 5) is 39.4. The number of ether oxygens (including phenoxy) is 1. The van der Waals surface area contributed by atoms with E-state index in [-0.39, 0.29) is 11.3 Å². The second kappa shape index (κ2) is 10.0. The van der Waals surface area contributed by atoms with Crippen molar-refractivity contribution in [2.24, 2.45) is 0 Å².